The van der Waals surface area contributed by atoms with Crippen molar-refractivity contribution < 1.29 is 18.7 Å². The molecule has 0 N–H and O–H groups in total. The summed E-state index contributed by atoms with van der Waals surface area (Å²) in [5.74, 6) is -0.990. The third-order valence-corrected chi connectivity index (χ3v) is 2.53. The van der Waals surface area contributed by atoms with Gasteiger partial charge in [-0.3, -0.25) is 4.79 Å². The van der Waals surface area contributed by atoms with Gasteiger partial charge in [-0.25, -0.2) is 4.39 Å². The van der Waals surface area contributed by atoms with Crippen molar-refractivity contribution in [3.05, 3.63) is 34.6 Å². The average Bonchev–Trinajstić information content (AvgIpc) is 2.27. The molecule has 0 spiro atoms. The van der Waals surface area contributed by atoms with Crippen LogP contribution in [-0.4, -0.2) is 25.3 Å². The Bertz CT molecular complexity index is 400. The number of carbonyl (C=O) groups is 1. The van der Waals surface area contributed by atoms with Gasteiger partial charge in [0.05, 0.1) is 5.56 Å². The summed E-state index contributed by atoms with van der Waals surface area (Å²) in [4.78, 5) is 12.2. The topological polar surface area (TPSA) is 35.5 Å². The Morgan fingerprint density at radius 1 is 1.22 bits per heavy atom. The van der Waals surface area contributed by atoms with E-state index in [2.05, 4.69) is 0 Å². The van der Waals surface area contributed by atoms with E-state index in [1.54, 1.807) is 33.8 Å². The molecule has 4 heteroatoms. The third kappa shape index (κ3) is 3.37. The monoisotopic (exact) mass is 254 g/mol. The molecule has 0 saturated heterocycles. The highest BCUT2D eigenvalue weighted by atomic mass is 19.1. The molecule has 0 radical (unpaired) electrons. The molecule has 0 aliphatic heterocycles. The Balaban J connectivity index is 3.08. The van der Waals surface area contributed by atoms with Gasteiger partial charge in [-0.2, -0.15) is 0 Å². The maximum Gasteiger partial charge on any atom is 0.222 e. The number of ketones is 1. The van der Waals surface area contributed by atoms with Gasteiger partial charge in [0.25, 0.3) is 0 Å². The maximum atomic E-state index is 13.9. The van der Waals surface area contributed by atoms with Crippen molar-refractivity contribution in [3.8, 4) is 0 Å². The van der Waals surface area contributed by atoms with Crippen LogP contribution in [0.1, 0.15) is 35.3 Å². The highest BCUT2D eigenvalue weighted by molar-refractivity contribution is 6.00. The molecular weight excluding hydrogens is 235 g/mol. The predicted molar refractivity (Wildman–Crippen MR) is 67.2 cm³/mol. The van der Waals surface area contributed by atoms with Crippen molar-refractivity contribution in [1.29, 1.82) is 0 Å². The molecule has 0 aliphatic carbocycles. The van der Waals surface area contributed by atoms with Crippen LogP contribution in [0.25, 0.3) is 0 Å². The van der Waals surface area contributed by atoms with Gasteiger partial charge in [0.15, 0.2) is 0 Å². The zero-order chi connectivity index (χ0) is 13.7. The van der Waals surface area contributed by atoms with E-state index in [1.807, 2.05) is 0 Å². The maximum absolute atomic E-state index is 13.9. The summed E-state index contributed by atoms with van der Waals surface area (Å²) >= 11 is 0. The number of Topliss-reactive ketones (excluding diaryl/α,β-unsaturated/α-hetero) is 1. The molecule has 0 aromatic heterocycles. The van der Waals surface area contributed by atoms with Crippen LogP contribution in [0.2, 0.25) is 0 Å². The van der Waals surface area contributed by atoms with Gasteiger partial charge in [-0.05, 0) is 44.9 Å². The Hall–Kier alpha value is -1.26. The molecule has 18 heavy (non-hydrogen) atoms. The van der Waals surface area contributed by atoms with E-state index in [4.69, 9.17) is 9.47 Å². The molecule has 0 amide bonds. The Kier molecular flexibility index (Phi) is 5.44. The van der Waals surface area contributed by atoms with Crippen LogP contribution in [0.4, 0.5) is 4.39 Å². The van der Waals surface area contributed by atoms with Gasteiger partial charge in [0, 0.05) is 13.2 Å². The first-order chi connectivity index (χ1) is 8.51. The summed E-state index contributed by atoms with van der Waals surface area (Å²) in [7, 11) is 0. The summed E-state index contributed by atoms with van der Waals surface area (Å²) in [5.41, 5.74) is 1.43. The number of halogens is 1. The van der Waals surface area contributed by atoms with Crippen molar-refractivity contribution in [2.24, 2.45) is 0 Å². The van der Waals surface area contributed by atoms with Gasteiger partial charge in [0.1, 0.15) is 5.82 Å². The average molecular weight is 254 g/mol. The molecule has 0 saturated carbocycles. The largest absolute Gasteiger partial charge is 0.346 e. The number of benzene rings is 1. The van der Waals surface area contributed by atoms with Crippen LogP contribution in [0.5, 0.6) is 0 Å². The van der Waals surface area contributed by atoms with Crippen molar-refractivity contribution in [2.45, 2.75) is 34.0 Å². The first-order valence-electron chi connectivity index (χ1n) is 6.05. The van der Waals surface area contributed by atoms with Crippen LogP contribution in [0, 0.1) is 19.7 Å². The lowest BCUT2D eigenvalue weighted by molar-refractivity contribution is -0.107. The second-order valence-corrected chi connectivity index (χ2v) is 4.05. The van der Waals surface area contributed by atoms with Crippen LogP contribution in [0.15, 0.2) is 12.1 Å². The molecule has 3 nitrogen and oxygen atoms in total. The van der Waals surface area contributed by atoms with E-state index in [0.29, 0.717) is 18.8 Å². The summed E-state index contributed by atoms with van der Waals surface area (Å²) in [6.07, 6.45) is -1.03. The van der Waals surface area contributed by atoms with Crippen LogP contribution in [0.3, 0.4) is 0 Å². The highest BCUT2D eigenvalue weighted by Gasteiger charge is 2.25. The van der Waals surface area contributed by atoms with E-state index in [1.165, 1.54) is 6.07 Å². The lowest BCUT2D eigenvalue weighted by atomic mass is 10.0. The molecule has 0 heterocycles. The molecule has 0 atom stereocenters. The Morgan fingerprint density at radius 3 is 2.22 bits per heavy atom. The lowest BCUT2D eigenvalue weighted by Gasteiger charge is -2.17. The zero-order valence-electron chi connectivity index (χ0n) is 11.2. The minimum Gasteiger partial charge on any atom is -0.346 e. The van der Waals surface area contributed by atoms with Crippen molar-refractivity contribution in [1.82, 2.24) is 0 Å². The van der Waals surface area contributed by atoms with Gasteiger partial charge in [-0.15, -0.1) is 0 Å². The minimum absolute atomic E-state index is 0.0486. The summed E-state index contributed by atoms with van der Waals surface area (Å²) < 4.78 is 24.3. The normalized spacial score (nSPS) is 11.0. The SMILES string of the molecule is CCOC(OCC)C(=O)c1c(C)cc(C)cc1F. The fourth-order valence-corrected chi connectivity index (χ4v) is 1.85. The van der Waals surface area contributed by atoms with E-state index in [9.17, 15) is 9.18 Å². The number of ether oxygens (including phenoxy) is 2. The Labute approximate surface area is 107 Å². The number of hydrogen-bond acceptors (Lipinski definition) is 3. The molecule has 0 fully saturated rings. The molecule has 100 valence electrons. The van der Waals surface area contributed by atoms with Crippen LogP contribution >= 0.6 is 0 Å². The Morgan fingerprint density at radius 2 is 1.78 bits per heavy atom. The van der Waals surface area contributed by atoms with E-state index < -0.39 is 17.9 Å². The van der Waals surface area contributed by atoms with Crippen molar-refractivity contribution >= 4 is 5.78 Å². The van der Waals surface area contributed by atoms with Gasteiger partial charge in [-0.1, -0.05) is 6.07 Å². The number of rotatable bonds is 6. The molecule has 1 rings (SSSR count). The highest BCUT2D eigenvalue weighted by Crippen LogP contribution is 2.19. The fourth-order valence-electron chi connectivity index (χ4n) is 1.85. The second kappa shape index (κ2) is 6.61. The van der Waals surface area contributed by atoms with Gasteiger partial charge < -0.3 is 9.47 Å². The number of carbonyl (C=O) groups excluding carboxylic acids is 1. The molecule has 0 unspecified atom stereocenters. The third-order valence-electron chi connectivity index (χ3n) is 2.53. The fraction of sp³-hybridized carbons (Fsp3) is 0.500. The molecular formula is C14H19FO3. The zero-order valence-corrected chi connectivity index (χ0v) is 11.2. The second-order valence-electron chi connectivity index (χ2n) is 4.05. The quantitative estimate of drug-likeness (QED) is 0.578. The predicted octanol–water partition coefficient (Wildman–Crippen LogP) is 3.02. The van der Waals surface area contributed by atoms with Gasteiger partial charge >= 0.3 is 0 Å². The smallest absolute Gasteiger partial charge is 0.222 e. The van der Waals surface area contributed by atoms with E-state index >= 15 is 0 Å². The molecule has 0 bridgehead atoms. The minimum atomic E-state index is -1.03. The van der Waals surface area contributed by atoms with E-state index in [-0.39, 0.29) is 5.56 Å². The molecule has 1 aromatic rings. The number of hydrogen-bond donors (Lipinski definition) is 0. The molecule has 1 aromatic carbocycles. The van der Waals surface area contributed by atoms with Crippen molar-refractivity contribution in [3.63, 3.8) is 0 Å². The van der Waals surface area contributed by atoms with Crippen LogP contribution < -0.4 is 0 Å². The standard InChI is InChI=1S/C14H19FO3/c1-5-17-14(18-6-2)13(16)12-10(4)7-9(3)8-11(12)15/h7-8,14H,5-6H2,1-4H3. The van der Waals surface area contributed by atoms with E-state index in [0.717, 1.165) is 5.56 Å². The summed E-state index contributed by atoms with van der Waals surface area (Å²) in [6, 6.07) is 3.11. The van der Waals surface area contributed by atoms with Crippen LogP contribution in [-0.2, 0) is 9.47 Å². The lowest BCUT2D eigenvalue weighted by Crippen LogP contribution is -2.29. The van der Waals surface area contributed by atoms with Gasteiger partial charge in [0.2, 0.25) is 12.1 Å². The first kappa shape index (κ1) is 14.8. The first-order valence-corrected chi connectivity index (χ1v) is 6.05. The summed E-state index contributed by atoms with van der Waals surface area (Å²) in [5, 5.41) is 0. The molecule has 0 aliphatic rings. The summed E-state index contributed by atoms with van der Waals surface area (Å²) in [6.45, 7) is 7.69. The number of aryl methyl sites for hydroxylation is 2. The van der Waals surface area contributed by atoms with Crippen molar-refractivity contribution in [2.75, 3.05) is 13.2 Å².